The van der Waals surface area contributed by atoms with Crippen molar-refractivity contribution in [3.63, 3.8) is 0 Å². The van der Waals surface area contributed by atoms with Gasteiger partial charge in [-0.3, -0.25) is 0 Å². The average Bonchev–Trinajstić information content (AvgIpc) is 3.22. The number of nitrogens with zero attached hydrogens (tertiary/aromatic N) is 2. The Hall–Kier alpha value is -6.02. The highest BCUT2D eigenvalue weighted by atomic mass is 16.5. The third kappa shape index (κ3) is 10.2. The van der Waals surface area contributed by atoms with Crippen molar-refractivity contribution in [3.05, 3.63) is 154 Å². The van der Waals surface area contributed by atoms with E-state index in [9.17, 15) is 9.59 Å². The molecule has 2 aliphatic rings. The number of aryl methyl sites for hydroxylation is 4. The fourth-order valence-corrected chi connectivity index (χ4v) is 11.6. The number of carbonyl (C=O) groups is 2. The lowest BCUT2D eigenvalue weighted by Gasteiger charge is -2.49. The Morgan fingerprint density at radius 1 is 0.515 bits per heavy atom. The largest absolute Gasteiger partial charge is 0.439 e. The van der Waals surface area contributed by atoms with Crippen molar-refractivity contribution in [2.75, 3.05) is 0 Å². The van der Waals surface area contributed by atoms with Gasteiger partial charge in [0.15, 0.2) is 0 Å². The summed E-state index contributed by atoms with van der Waals surface area (Å²) in [4.78, 5) is 33.8. The molecule has 0 amide bonds. The highest BCUT2D eigenvalue weighted by Crippen LogP contribution is 2.56. The number of carbonyl (C=O) groups excluding carboxylic acids is 2. The molecule has 66 heavy (non-hydrogen) atoms. The number of aromatic nitrogens is 2. The van der Waals surface area contributed by atoms with Gasteiger partial charge in [-0.25, -0.2) is 19.6 Å². The van der Waals surface area contributed by atoms with E-state index in [0.29, 0.717) is 57.7 Å². The normalized spacial score (nSPS) is 22.2. The molecule has 4 atom stereocenters. The summed E-state index contributed by atoms with van der Waals surface area (Å²) in [5.74, 6) is 3.42. The van der Waals surface area contributed by atoms with Crippen LogP contribution in [-0.2, 0) is 20.4 Å². The zero-order chi connectivity index (χ0) is 47.9. The quantitative estimate of drug-likeness (QED) is 0.0694. The van der Waals surface area contributed by atoms with E-state index >= 15 is 0 Å². The van der Waals surface area contributed by atoms with Crippen LogP contribution in [0.5, 0.6) is 34.8 Å². The van der Waals surface area contributed by atoms with Gasteiger partial charge < -0.3 is 18.9 Å². The summed E-state index contributed by atoms with van der Waals surface area (Å²) >= 11 is 0. The van der Waals surface area contributed by atoms with E-state index in [4.69, 9.17) is 18.9 Å². The van der Waals surface area contributed by atoms with Gasteiger partial charge in [0.05, 0.1) is 6.07 Å². The number of esters is 2. The number of hydrogen-bond donors (Lipinski definition) is 0. The van der Waals surface area contributed by atoms with Gasteiger partial charge >= 0.3 is 11.9 Å². The maximum absolute atomic E-state index is 12.4. The van der Waals surface area contributed by atoms with Crippen molar-refractivity contribution in [2.45, 2.75) is 132 Å². The molecule has 0 radical (unpaired) electrons. The van der Waals surface area contributed by atoms with Crippen LogP contribution in [0.3, 0.4) is 0 Å². The zero-order valence-electron chi connectivity index (χ0n) is 41.2. The lowest BCUT2D eigenvalue weighted by molar-refractivity contribution is -0.131. The van der Waals surface area contributed by atoms with Crippen LogP contribution in [0.25, 0.3) is 0 Å². The summed E-state index contributed by atoms with van der Waals surface area (Å²) in [6.45, 7) is 33.1. The smallest absolute Gasteiger partial charge is 0.338 e. The first-order chi connectivity index (χ1) is 31.0. The topological polar surface area (TPSA) is 96.8 Å². The maximum Gasteiger partial charge on any atom is 0.338 e. The summed E-state index contributed by atoms with van der Waals surface area (Å²) < 4.78 is 24.3. The molecule has 0 bridgehead atoms. The highest BCUT2D eigenvalue weighted by molar-refractivity contribution is 5.89. The summed E-state index contributed by atoms with van der Waals surface area (Å²) in [5, 5.41) is 0. The van der Waals surface area contributed by atoms with E-state index in [0.717, 1.165) is 60.8 Å². The van der Waals surface area contributed by atoms with E-state index in [1.165, 1.54) is 28.6 Å². The molecule has 2 fully saturated rings. The van der Waals surface area contributed by atoms with Crippen molar-refractivity contribution < 1.29 is 28.5 Å². The van der Waals surface area contributed by atoms with Crippen LogP contribution in [0, 0.1) is 50.4 Å². The fraction of sp³-hybridized carbons (Fsp3) is 0.414. The molecule has 0 spiro atoms. The second-order valence-electron chi connectivity index (χ2n) is 21.5. The molecule has 346 valence electrons. The Morgan fingerprint density at radius 3 is 1.12 bits per heavy atom. The molecule has 0 saturated heterocycles. The predicted molar refractivity (Wildman–Crippen MR) is 263 cm³/mol. The lowest BCUT2D eigenvalue weighted by Crippen LogP contribution is -2.41. The summed E-state index contributed by atoms with van der Waals surface area (Å²) in [7, 11) is 0. The third-order valence-corrected chi connectivity index (χ3v) is 13.8. The zero-order valence-corrected chi connectivity index (χ0v) is 41.2. The van der Waals surface area contributed by atoms with Gasteiger partial charge in [-0.2, -0.15) is 0 Å². The summed E-state index contributed by atoms with van der Waals surface area (Å²) in [6.07, 6.45) is 7.70. The van der Waals surface area contributed by atoms with Crippen molar-refractivity contribution in [1.82, 2.24) is 9.97 Å². The van der Waals surface area contributed by atoms with Crippen molar-refractivity contribution >= 4 is 11.9 Å². The first-order valence-electron chi connectivity index (χ1n) is 23.4. The van der Waals surface area contributed by atoms with Gasteiger partial charge in [-0.1, -0.05) is 103 Å². The van der Waals surface area contributed by atoms with E-state index in [2.05, 4.69) is 127 Å². The molecular formula is C58H68N2O6. The minimum Gasteiger partial charge on any atom is -0.439 e. The average molecular weight is 889 g/mol. The first kappa shape index (κ1) is 47.9. The Balaban J connectivity index is 1.14. The first-order valence-corrected chi connectivity index (χ1v) is 23.4. The summed E-state index contributed by atoms with van der Waals surface area (Å²) in [5.41, 5.74) is 9.13. The molecule has 4 aromatic carbocycles. The van der Waals surface area contributed by atoms with E-state index in [1.54, 1.807) is 19.9 Å². The second-order valence-corrected chi connectivity index (χ2v) is 21.5. The minimum atomic E-state index is -0.422. The number of hydrogen-bond acceptors (Lipinski definition) is 8. The number of rotatable bonds is 12. The van der Waals surface area contributed by atoms with E-state index < -0.39 is 11.9 Å². The number of ether oxygens (including phenoxy) is 4. The fourth-order valence-electron chi connectivity index (χ4n) is 11.6. The molecule has 0 aliphatic heterocycles. The highest BCUT2D eigenvalue weighted by Gasteiger charge is 2.47. The van der Waals surface area contributed by atoms with Crippen LogP contribution in [0.1, 0.15) is 138 Å². The predicted octanol–water partition coefficient (Wildman–Crippen LogP) is 14.5. The van der Waals surface area contributed by atoms with Gasteiger partial charge in [0, 0.05) is 22.0 Å². The van der Waals surface area contributed by atoms with Crippen molar-refractivity contribution in [3.8, 4) is 34.8 Å². The van der Waals surface area contributed by atoms with Crippen molar-refractivity contribution in [2.24, 2.45) is 22.7 Å². The standard InChI is InChI=1S/C58H68N2O6/c1-35(2)53(61)65-49-21-17-45(25-41(49)9)57(30-37(5)28-55(11,12)32-57)43-15-19-47(39(7)23-43)63-51-27-52(60-34-59-51)64-48-20-16-44(24-40(48)8)58(31-38(6)29-56(13,14)33-58)46-18-22-50(42(10)26-46)66-54(62)36(3)4/h15-27,34,37-38H,1,3,28-33H2,2,4-14H3. The molecule has 5 aromatic rings. The van der Waals surface area contributed by atoms with Gasteiger partial charge in [-0.15, -0.1) is 0 Å². The van der Waals surface area contributed by atoms with E-state index in [1.807, 2.05) is 38.1 Å². The van der Waals surface area contributed by atoms with Crippen LogP contribution in [0.15, 0.2) is 109 Å². The minimum absolute atomic E-state index is 0.109. The van der Waals surface area contributed by atoms with Gasteiger partial charge in [0.25, 0.3) is 0 Å². The lowest BCUT2D eigenvalue weighted by atomic mass is 9.55. The van der Waals surface area contributed by atoms with Crippen LogP contribution >= 0.6 is 0 Å². The molecule has 8 heteroatoms. The Labute approximate surface area is 392 Å². The molecule has 0 N–H and O–H groups in total. The van der Waals surface area contributed by atoms with E-state index in [-0.39, 0.29) is 21.7 Å². The van der Waals surface area contributed by atoms with Gasteiger partial charge in [0.2, 0.25) is 11.8 Å². The second kappa shape index (κ2) is 18.3. The Morgan fingerprint density at radius 2 is 0.833 bits per heavy atom. The van der Waals surface area contributed by atoms with Crippen LogP contribution < -0.4 is 18.9 Å². The third-order valence-electron chi connectivity index (χ3n) is 13.8. The molecule has 1 heterocycles. The van der Waals surface area contributed by atoms with Crippen LogP contribution in [0.4, 0.5) is 0 Å². The van der Waals surface area contributed by atoms with Crippen LogP contribution in [0.2, 0.25) is 0 Å². The molecule has 2 saturated carbocycles. The molecule has 4 unspecified atom stereocenters. The number of benzene rings is 4. The van der Waals surface area contributed by atoms with Gasteiger partial charge in [0.1, 0.15) is 29.3 Å². The van der Waals surface area contributed by atoms with Gasteiger partial charge in [-0.05, 0) is 172 Å². The molecule has 7 rings (SSSR count). The maximum atomic E-state index is 12.4. The molecule has 8 nitrogen and oxygen atoms in total. The molecular weight excluding hydrogens is 821 g/mol. The van der Waals surface area contributed by atoms with Crippen LogP contribution in [-0.4, -0.2) is 21.9 Å². The summed E-state index contributed by atoms with van der Waals surface area (Å²) in [6, 6.07) is 27.2. The molecule has 2 aliphatic carbocycles. The SMILES string of the molecule is C=C(C)C(=O)Oc1ccc(C2(c3ccc(Oc4cc(Oc5ccc(C6(c7ccc(OC(=O)C(=C)C)c(C)c7)CC(C)CC(C)(C)C6)cc5C)ncn4)c(C)c3)CC(C)CC(C)(C)C2)cc1C. The van der Waals surface area contributed by atoms with Crippen molar-refractivity contribution in [1.29, 1.82) is 0 Å². The monoisotopic (exact) mass is 889 g/mol. The Kier molecular flexibility index (Phi) is 13.3. The molecule has 1 aromatic heterocycles. The Bertz CT molecular complexity index is 2530.